The van der Waals surface area contributed by atoms with Crippen LogP contribution in [0, 0.1) is 0 Å². The van der Waals surface area contributed by atoms with Gasteiger partial charge in [0.2, 0.25) is 0 Å². The van der Waals surface area contributed by atoms with Crippen LogP contribution in [0.5, 0.6) is 0 Å². The lowest BCUT2D eigenvalue weighted by atomic mass is 9.98. The predicted molar refractivity (Wildman–Crippen MR) is 58.2 cm³/mol. The first kappa shape index (κ1) is 11.2. The zero-order valence-electron chi connectivity index (χ0n) is 9.26. The summed E-state index contributed by atoms with van der Waals surface area (Å²) in [6.07, 6.45) is 1.25. The number of carbonyl (C=O) groups is 1. The lowest BCUT2D eigenvalue weighted by Gasteiger charge is -2.24. The molecule has 4 heteroatoms. The first-order chi connectivity index (χ1) is 7.79. The van der Waals surface area contributed by atoms with Crippen LogP contribution in [-0.2, 0) is 14.3 Å². The zero-order chi connectivity index (χ0) is 11.4. The van der Waals surface area contributed by atoms with Gasteiger partial charge in [0.15, 0.2) is 5.78 Å². The minimum Gasteiger partial charge on any atom is -0.376 e. The van der Waals surface area contributed by atoms with Crippen LogP contribution < -0.4 is 0 Å². The molecule has 1 fully saturated rings. The van der Waals surface area contributed by atoms with Crippen LogP contribution in [0.25, 0.3) is 0 Å². The Morgan fingerprint density at radius 1 is 1.50 bits per heavy atom. The molecule has 1 aliphatic heterocycles. The lowest BCUT2D eigenvalue weighted by molar-refractivity contribution is -0.146. The van der Waals surface area contributed by atoms with E-state index in [9.17, 15) is 4.79 Å². The summed E-state index contributed by atoms with van der Waals surface area (Å²) in [4.78, 5) is 16.2. The topological polar surface area (TPSA) is 48.4 Å². The third-order valence-corrected chi connectivity index (χ3v) is 2.69. The van der Waals surface area contributed by atoms with Crippen molar-refractivity contribution in [2.24, 2.45) is 0 Å². The minimum atomic E-state index is -0.439. The summed E-state index contributed by atoms with van der Waals surface area (Å²) in [5.74, 6) is -0.203. The largest absolute Gasteiger partial charge is 0.376 e. The van der Waals surface area contributed by atoms with Crippen molar-refractivity contribution < 1.29 is 14.3 Å². The van der Waals surface area contributed by atoms with Gasteiger partial charge < -0.3 is 9.47 Å². The second kappa shape index (κ2) is 5.18. The van der Waals surface area contributed by atoms with Gasteiger partial charge in [-0.2, -0.15) is 0 Å². The van der Waals surface area contributed by atoms with E-state index in [1.165, 1.54) is 0 Å². The Kier molecular flexibility index (Phi) is 3.64. The third-order valence-electron chi connectivity index (χ3n) is 2.69. The van der Waals surface area contributed by atoms with Crippen molar-refractivity contribution in [1.29, 1.82) is 0 Å². The van der Waals surface area contributed by atoms with E-state index in [1.807, 2.05) is 25.1 Å². The van der Waals surface area contributed by atoms with Crippen LogP contribution in [0.1, 0.15) is 18.5 Å². The average molecular weight is 221 g/mol. The molecule has 2 rings (SSSR count). The maximum atomic E-state index is 12.1. The first-order valence-corrected chi connectivity index (χ1v) is 5.43. The summed E-state index contributed by atoms with van der Waals surface area (Å²) in [6.45, 7) is 3.27. The fourth-order valence-corrected chi connectivity index (χ4v) is 1.71. The van der Waals surface area contributed by atoms with Crippen molar-refractivity contribution in [3.8, 4) is 0 Å². The average Bonchev–Trinajstić information content (AvgIpc) is 2.39. The number of nitrogens with zero attached hydrogens (tertiary/aromatic N) is 1. The fraction of sp³-hybridized carbons (Fsp3) is 0.500. The van der Waals surface area contributed by atoms with Crippen molar-refractivity contribution >= 4 is 5.78 Å². The Morgan fingerprint density at radius 2 is 2.38 bits per heavy atom. The highest BCUT2D eigenvalue weighted by Gasteiger charge is 2.28. The normalized spacial score (nSPS) is 22.7. The third kappa shape index (κ3) is 2.46. The maximum Gasteiger partial charge on any atom is 0.172 e. The summed E-state index contributed by atoms with van der Waals surface area (Å²) in [5.41, 5.74) is 0.779. The summed E-state index contributed by atoms with van der Waals surface area (Å²) >= 11 is 0. The van der Waals surface area contributed by atoms with E-state index in [1.54, 1.807) is 6.20 Å². The zero-order valence-corrected chi connectivity index (χ0v) is 9.26. The molecule has 2 unspecified atom stereocenters. The van der Waals surface area contributed by atoms with Crippen molar-refractivity contribution in [2.45, 2.75) is 18.9 Å². The molecule has 4 nitrogen and oxygen atoms in total. The van der Waals surface area contributed by atoms with E-state index in [0.29, 0.717) is 19.8 Å². The van der Waals surface area contributed by atoms with Crippen LogP contribution in [0.15, 0.2) is 24.4 Å². The number of ether oxygens (including phenoxy) is 2. The summed E-state index contributed by atoms with van der Waals surface area (Å²) in [6, 6.07) is 5.57. The van der Waals surface area contributed by atoms with Gasteiger partial charge in [-0.1, -0.05) is 6.07 Å². The Morgan fingerprint density at radius 3 is 3.00 bits per heavy atom. The first-order valence-electron chi connectivity index (χ1n) is 5.43. The standard InChI is InChI=1S/C12H15NO3/c1-9(10-4-2-3-5-13-10)12(14)11-8-15-6-7-16-11/h2-5,9,11H,6-8H2,1H3. The molecule has 0 N–H and O–H groups in total. The van der Waals surface area contributed by atoms with Gasteiger partial charge in [0.1, 0.15) is 6.10 Å². The molecule has 1 saturated heterocycles. The van der Waals surface area contributed by atoms with Gasteiger partial charge >= 0.3 is 0 Å². The molecule has 1 aromatic rings. The van der Waals surface area contributed by atoms with Crippen molar-refractivity contribution in [3.63, 3.8) is 0 Å². The van der Waals surface area contributed by atoms with Gasteiger partial charge in [0, 0.05) is 6.20 Å². The number of hydrogen-bond acceptors (Lipinski definition) is 4. The Labute approximate surface area is 94.6 Å². The molecule has 0 amide bonds. The molecule has 0 aromatic carbocycles. The summed E-state index contributed by atoms with van der Waals surface area (Å²) in [7, 11) is 0. The van der Waals surface area contributed by atoms with E-state index >= 15 is 0 Å². The van der Waals surface area contributed by atoms with Gasteiger partial charge in [-0.3, -0.25) is 9.78 Å². The smallest absolute Gasteiger partial charge is 0.172 e. The van der Waals surface area contributed by atoms with Gasteiger partial charge in [0.25, 0.3) is 0 Å². The quantitative estimate of drug-likeness (QED) is 0.768. The monoisotopic (exact) mass is 221 g/mol. The SMILES string of the molecule is CC(C(=O)C1COCCO1)c1ccccn1. The number of Topliss-reactive ketones (excluding diaryl/α,β-unsaturated/α-hetero) is 1. The molecule has 0 aliphatic carbocycles. The van der Waals surface area contributed by atoms with E-state index < -0.39 is 6.10 Å². The Hall–Kier alpha value is -1.26. The molecule has 16 heavy (non-hydrogen) atoms. The van der Waals surface area contributed by atoms with E-state index in [0.717, 1.165) is 5.69 Å². The van der Waals surface area contributed by atoms with Crippen LogP contribution in [0.4, 0.5) is 0 Å². The molecule has 2 heterocycles. The van der Waals surface area contributed by atoms with E-state index in [-0.39, 0.29) is 11.7 Å². The van der Waals surface area contributed by atoms with Crippen molar-refractivity contribution in [1.82, 2.24) is 4.98 Å². The predicted octanol–water partition coefficient (Wildman–Crippen LogP) is 1.17. The molecule has 0 spiro atoms. The second-order valence-electron chi connectivity index (χ2n) is 3.81. The van der Waals surface area contributed by atoms with Gasteiger partial charge in [-0.25, -0.2) is 0 Å². The number of ketones is 1. The molecule has 86 valence electrons. The van der Waals surface area contributed by atoms with E-state index in [2.05, 4.69) is 4.98 Å². The highest BCUT2D eigenvalue weighted by atomic mass is 16.6. The molecule has 0 bridgehead atoms. The van der Waals surface area contributed by atoms with Crippen LogP contribution in [0.3, 0.4) is 0 Å². The van der Waals surface area contributed by atoms with Gasteiger partial charge in [-0.15, -0.1) is 0 Å². The van der Waals surface area contributed by atoms with E-state index in [4.69, 9.17) is 9.47 Å². The summed E-state index contributed by atoms with van der Waals surface area (Å²) in [5, 5.41) is 0. The lowest BCUT2D eigenvalue weighted by Crippen LogP contribution is -2.37. The molecule has 2 atom stereocenters. The highest BCUT2D eigenvalue weighted by molar-refractivity contribution is 5.89. The Balaban J connectivity index is 2.04. The highest BCUT2D eigenvalue weighted by Crippen LogP contribution is 2.17. The van der Waals surface area contributed by atoms with Crippen LogP contribution >= 0.6 is 0 Å². The number of rotatable bonds is 3. The number of carbonyl (C=O) groups excluding carboxylic acids is 1. The molecular formula is C12H15NO3. The number of pyridine rings is 1. The minimum absolute atomic E-state index is 0.0402. The van der Waals surface area contributed by atoms with Gasteiger partial charge in [-0.05, 0) is 19.1 Å². The molecule has 0 radical (unpaired) electrons. The molecular weight excluding hydrogens is 206 g/mol. The van der Waals surface area contributed by atoms with Crippen LogP contribution in [-0.4, -0.2) is 36.7 Å². The second-order valence-corrected chi connectivity index (χ2v) is 3.81. The van der Waals surface area contributed by atoms with Crippen LogP contribution in [0.2, 0.25) is 0 Å². The molecule has 1 aromatic heterocycles. The summed E-state index contributed by atoms with van der Waals surface area (Å²) < 4.78 is 10.6. The Bertz CT molecular complexity index is 347. The van der Waals surface area contributed by atoms with Crippen molar-refractivity contribution in [2.75, 3.05) is 19.8 Å². The molecule has 1 aliphatic rings. The number of aromatic nitrogens is 1. The van der Waals surface area contributed by atoms with Crippen molar-refractivity contribution in [3.05, 3.63) is 30.1 Å². The maximum absolute atomic E-state index is 12.1. The van der Waals surface area contributed by atoms with Gasteiger partial charge in [0.05, 0.1) is 31.4 Å². The fourth-order valence-electron chi connectivity index (χ4n) is 1.71. The molecule has 0 saturated carbocycles. The number of hydrogen-bond donors (Lipinski definition) is 0.